The van der Waals surface area contributed by atoms with E-state index in [4.69, 9.17) is 0 Å². The Morgan fingerprint density at radius 1 is 0.880 bits per heavy atom. The summed E-state index contributed by atoms with van der Waals surface area (Å²) in [5, 5.41) is 19.5. The fourth-order valence-electron chi connectivity index (χ4n) is 3.99. The first-order valence-corrected chi connectivity index (χ1v) is 9.88. The second-order valence-corrected chi connectivity index (χ2v) is 8.31. The van der Waals surface area contributed by atoms with Gasteiger partial charge in [0.1, 0.15) is 0 Å². The minimum Gasteiger partial charge on any atom is -0.481 e. The predicted molar refractivity (Wildman–Crippen MR) is 101 cm³/mol. The van der Waals surface area contributed by atoms with Crippen molar-refractivity contribution in [2.45, 2.75) is 91.4 Å². The lowest BCUT2D eigenvalue weighted by molar-refractivity contribution is -0.174. The Balaban J connectivity index is 2.43. The van der Waals surface area contributed by atoms with Crippen LogP contribution in [0.15, 0.2) is 12.2 Å². The third kappa shape index (κ3) is 5.58. The topological polar surface area (TPSA) is 74.6 Å². The van der Waals surface area contributed by atoms with E-state index in [2.05, 4.69) is 13.8 Å². The average molecular weight is 353 g/mol. The molecule has 0 fully saturated rings. The Bertz CT molecular complexity index is 469. The largest absolute Gasteiger partial charge is 0.481 e. The summed E-state index contributed by atoms with van der Waals surface area (Å²) in [7, 11) is 0. The van der Waals surface area contributed by atoms with E-state index in [1.807, 2.05) is 12.2 Å². The molecule has 4 heteroatoms. The Morgan fingerprint density at radius 2 is 1.40 bits per heavy atom. The summed E-state index contributed by atoms with van der Waals surface area (Å²) in [6.45, 7) is 6.11. The van der Waals surface area contributed by atoms with Gasteiger partial charge >= 0.3 is 11.9 Å². The van der Waals surface area contributed by atoms with Crippen molar-refractivity contribution in [1.29, 1.82) is 0 Å². The maximum atomic E-state index is 12.0. The molecule has 0 aromatic rings. The van der Waals surface area contributed by atoms with Gasteiger partial charge in [0.15, 0.2) is 0 Å². The molecule has 0 radical (unpaired) electrons. The van der Waals surface area contributed by atoms with Crippen LogP contribution in [-0.2, 0) is 9.59 Å². The summed E-state index contributed by atoms with van der Waals surface area (Å²) in [5.41, 5.74) is -2.39. The summed E-state index contributed by atoms with van der Waals surface area (Å²) in [5.74, 6) is -1.18. The van der Waals surface area contributed by atoms with E-state index in [1.165, 1.54) is 32.1 Å². The summed E-state index contributed by atoms with van der Waals surface area (Å²) >= 11 is 0. The normalized spacial score (nSPS) is 26.1. The lowest BCUT2D eigenvalue weighted by Crippen LogP contribution is -2.51. The SMILES string of the molecule is CC(C)CCCCCCCCCC1(C(=O)O)CC=CCC1(C)C(=O)O. The van der Waals surface area contributed by atoms with Gasteiger partial charge < -0.3 is 10.2 Å². The molecule has 2 unspecified atom stereocenters. The van der Waals surface area contributed by atoms with Gasteiger partial charge in [-0.25, -0.2) is 0 Å². The Kier molecular flexibility index (Phi) is 8.67. The van der Waals surface area contributed by atoms with Gasteiger partial charge in [-0.05, 0) is 32.1 Å². The average Bonchev–Trinajstić information content (AvgIpc) is 2.54. The molecule has 144 valence electrons. The van der Waals surface area contributed by atoms with Crippen molar-refractivity contribution in [2.24, 2.45) is 16.7 Å². The van der Waals surface area contributed by atoms with Gasteiger partial charge in [-0.15, -0.1) is 0 Å². The van der Waals surface area contributed by atoms with Gasteiger partial charge in [-0.3, -0.25) is 9.59 Å². The molecule has 0 amide bonds. The molecule has 0 bridgehead atoms. The number of carboxylic acid groups (broad SMARTS) is 2. The molecule has 4 nitrogen and oxygen atoms in total. The maximum Gasteiger partial charge on any atom is 0.311 e. The molecule has 0 aromatic carbocycles. The summed E-state index contributed by atoms with van der Waals surface area (Å²) in [6, 6.07) is 0. The molecule has 0 aromatic heterocycles. The first kappa shape index (κ1) is 21.7. The third-order valence-corrected chi connectivity index (χ3v) is 5.98. The molecule has 1 rings (SSSR count). The van der Waals surface area contributed by atoms with Crippen LogP contribution < -0.4 is 0 Å². The van der Waals surface area contributed by atoms with Crippen molar-refractivity contribution in [3.8, 4) is 0 Å². The highest BCUT2D eigenvalue weighted by Gasteiger charge is 2.57. The summed E-state index contributed by atoms with van der Waals surface area (Å²) in [4.78, 5) is 23.8. The first-order valence-electron chi connectivity index (χ1n) is 9.88. The van der Waals surface area contributed by atoms with E-state index in [0.29, 0.717) is 19.3 Å². The Morgan fingerprint density at radius 3 is 1.92 bits per heavy atom. The smallest absolute Gasteiger partial charge is 0.311 e. The van der Waals surface area contributed by atoms with Gasteiger partial charge in [0.2, 0.25) is 0 Å². The first-order chi connectivity index (χ1) is 11.8. The van der Waals surface area contributed by atoms with Crippen LogP contribution in [0.4, 0.5) is 0 Å². The number of hydrogen-bond acceptors (Lipinski definition) is 2. The van der Waals surface area contributed by atoms with Crippen molar-refractivity contribution in [1.82, 2.24) is 0 Å². The summed E-state index contributed by atoms with van der Waals surface area (Å²) < 4.78 is 0. The van der Waals surface area contributed by atoms with Gasteiger partial charge in [-0.1, -0.05) is 77.4 Å². The number of unbranched alkanes of at least 4 members (excludes halogenated alkanes) is 6. The summed E-state index contributed by atoms with van der Waals surface area (Å²) in [6.07, 6.45) is 13.9. The monoisotopic (exact) mass is 352 g/mol. The highest BCUT2D eigenvalue weighted by atomic mass is 16.4. The fourth-order valence-corrected chi connectivity index (χ4v) is 3.99. The molecule has 2 N–H and O–H groups in total. The predicted octanol–water partition coefficient (Wildman–Crippen LogP) is 5.67. The number of allylic oxidation sites excluding steroid dienone is 2. The molecule has 0 spiro atoms. The number of hydrogen-bond donors (Lipinski definition) is 2. The molecular weight excluding hydrogens is 316 g/mol. The number of carboxylic acids is 2. The molecule has 2 atom stereocenters. The number of aliphatic carboxylic acids is 2. The standard InChI is InChI=1S/C21H36O4/c1-17(2)13-9-7-5-4-6-8-10-15-21(19(24)25)16-12-11-14-20(21,3)18(22)23/h11-12,17H,4-10,13-16H2,1-3H3,(H,22,23)(H,24,25). The number of carbonyl (C=O) groups is 2. The van der Waals surface area contributed by atoms with E-state index in [1.54, 1.807) is 6.92 Å². The number of rotatable bonds is 12. The van der Waals surface area contributed by atoms with Crippen LogP contribution in [0.5, 0.6) is 0 Å². The molecule has 1 aliphatic rings. The molecule has 0 saturated heterocycles. The zero-order valence-electron chi connectivity index (χ0n) is 16.2. The third-order valence-electron chi connectivity index (χ3n) is 5.98. The fraction of sp³-hybridized carbons (Fsp3) is 0.810. The second kappa shape index (κ2) is 9.98. The van der Waals surface area contributed by atoms with Crippen LogP contribution >= 0.6 is 0 Å². The van der Waals surface area contributed by atoms with Crippen LogP contribution in [0.25, 0.3) is 0 Å². The van der Waals surface area contributed by atoms with Gasteiger partial charge in [0.05, 0.1) is 10.8 Å². The van der Waals surface area contributed by atoms with Gasteiger partial charge in [-0.2, -0.15) is 0 Å². The highest BCUT2D eigenvalue weighted by molar-refractivity contribution is 5.87. The van der Waals surface area contributed by atoms with Crippen molar-refractivity contribution in [3.63, 3.8) is 0 Å². The minimum atomic E-state index is -1.22. The molecular formula is C21H36O4. The zero-order chi connectivity index (χ0) is 18.9. The van der Waals surface area contributed by atoms with E-state index in [0.717, 1.165) is 25.2 Å². The lowest BCUT2D eigenvalue weighted by Gasteiger charge is -2.44. The van der Waals surface area contributed by atoms with Gasteiger partial charge in [0, 0.05) is 0 Å². The molecule has 0 saturated carbocycles. The highest BCUT2D eigenvalue weighted by Crippen LogP contribution is 2.52. The second-order valence-electron chi connectivity index (χ2n) is 8.31. The Labute approximate surface area is 152 Å². The van der Waals surface area contributed by atoms with Crippen LogP contribution in [0.2, 0.25) is 0 Å². The lowest BCUT2D eigenvalue weighted by atomic mass is 9.56. The van der Waals surface area contributed by atoms with E-state index < -0.39 is 22.8 Å². The van der Waals surface area contributed by atoms with Crippen molar-refractivity contribution < 1.29 is 19.8 Å². The van der Waals surface area contributed by atoms with Crippen LogP contribution in [0.3, 0.4) is 0 Å². The molecule has 0 heterocycles. The maximum absolute atomic E-state index is 12.0. The van der Waals surface area contributed by atoms with Crippen LogP contribution in [0.1, 0.15) is 91.4 Å². The van der Waals surface area contributed by atoms with Crippen LogP contribution in [0, 0.1) is 16.7 Å². The van der Waals surface area contributed by atoms with Gasteiger partial charge in [0.25, 0.3) is 0 Å². The molecule has 1 aliphatic carbocycles. The van der Waals surface area contributed by atoms with Crippen molar-refractivity contribution in [2.75, 3.05) is 0 Å². The van der Waals surface area contributed by atoms with E-state index in [9.17, 15) is 19.8 Å². The van der Waals surface area contributed by atoms with E-state index in [-0.39, 0.29) is 0 Å². The Hall–Kier alpha value is -1.32. The van der Waals surface area contributed by atoms with E-state index >= 15 is 0 Å². The molecule has 25 heavy (non-hydrogen) atoms. The quantitative estimate of drug-likeness (QED) is 0.351. The van der Waals surface area contributed by atoms with Crippen LogP contribution in [-0.4, -0.2) is 22.2 Å². The van der Waals surface area contributed by atoms with Crippen molar-refractivity contribution in [3.05, 3.63) is 12.2 Å². The minimum absolute atomic E-state index is 0.296. The molecule has 0 aliphatic heterocycles. The zero-order valence-corrected chi connectivity index (χ0v) is 16.2. The van der Waals surface area contributed by atoms with Crippen molar-refractivity contribution >= 4 is 11.9 Å².